The third-order valence-corrected chi connectivity index (χ3v) is 6.04. The number of halogens is 1. The number of carbonyl (C=O) groups is 2. The van der Waals surface area contributed by atoms with Crippen LogP contribution in [-0.2, 0) is 9.59 Å². The van der Waals surface area contributed by atoms with Crippen LogP contribution in [0.2, 0.25) is 5.02 Å². The number of para-hydroxylation sites is 1. The van der Waals surface area contributed by atoms with Crippen LogP contribution < -0.4 is 10.6 Å². The highest BCUT2D eigenvalue weighted by molar-refractivity contribution is 6.31. The summed E-state index contributed by atoms with van der Waals surface area (Å²) in [6.07, 6.45) is 0. The molecular formula is C24H31ClN4O2. The van der Waals surface area contributed by atoms with Gasteiger partial charge in [0.25, 0.3) is 0 Å². The first-order valence-corrected chi connectivity index (χ1v) is 11.1. The minimum absolute atomic E-state index is 0.00263. The zero-order valence-electron chi connectivity index (χ0n) is 18.5. The van der Waals surface area contributed by atoms with Crippen LogP contribution >= 0.6 is 11.6 Å². The van der Waals surface area contributed by atoms with Crippen molar-refractivity contribution in [3.63, 3.8) is 0 Å². The van der Waals surface area contributed by atoms with E-state index in [-0.39, 0.29) is 17.9 Å². The van der Waals surface area contributed by atoms with E-state index < -0.39 is 0 Å². The van der Waals surface area contributed by atoms with Crippen LogP contribution in [0.4, 0.5) is 5.69 Å². The summed E-state index contributed by atoms with van der Waals surface area (Å²) in [5, 5.41) is 6.72. The van der Waals surface area contributed by atoms with Crippen molar-refractivity contribution < 1.29 is 9.59 Å². The highest BCUT2D eigenvalue weighted by atomic mass is 35.5. The van der Waals surface area contributed by atoms with Gasteiger partial charge in [0.15, 0.2) is 0 Å². The lowest BCUT2D eigenvalue weighted by atomic mass is 10.1. The molecule has 6 nitrogen and oxygen atoms in total. The normalized spacial score (nSPS) is 16.0. The predicted molar refractivity (Wildman–Crippen MR) is 125 cm³/mol. The SMILES string of the molecule is Cc1cccc(C)c1NC(=O)CN1CCN(CC(=O)NC(C)c2ccccc2Cl)CC1. The number of nitrogens with one attached hydrogen (secondary N) is 2. The molecule has 2 aromatic carbocycles. The average molecular weight is 443 g/mol. The zero-order valence-corrected chi connectivity index (χ0v) is 19.2. The lowest BCUT2D eigenvalue weighted by molar-refractivity contribution is -0.124. The number of carbonyl (C=O) groups excluding carboxylic acids is 2. The minimum Gasteiger partial charge on any atom is -0.348 e. The molecule has 7 heteroatoms. The Morgan fingerprint density at radius 2 is 1.45 bits per heavy atom. The quantitative estimate of drug-likeness (QED) is 0.689. The monoisotopic (exact) mass is 442 g/mol. The van der Waals surface area contributed by atoms with E-state index >= 15 is 0 Å². The molecule has 0 aliphatic carbocycles. The predicted octanol–water partition coefficient (Wildman–Crippen LogP) is 3.39. The molecule has 0 aromatic heterocycles. The van der Waals surface area contributed by atoms with E-state index in [1.165, 1.54) is 0 Å². The van der Waals surface area contributed by atoms with Crippen LogP contribution in [0, 0.1) is 13.8 Å². The molecule has 0 bridgehead atoms. The number of amides is 2. The number of aryl methyl sites for hydroxylation is 2. The smallest absolute Gasteiger partial charge is 0.238 e. The Morgan fingerprint density at radius 1 is 0.903 bits per heavy atom. The van der Waals surface area contributed by atoms with Crippen LogP contribution in [0.15, 0.2) is 42.5 Å². The minimum atomic E-state index is -0.143. The lowest BCUT2D eigenvalue weighted by Gasteiger charge is -2.34. The summed E-state index contributed by atoms with van der Waals surface area (Å²) < 4.78 is 0. The summed E-state index contributed by atoms with van der Waals surface area (Å²) in [5.41, 5.74) is 3.94. The van der Waals surface area contributed by atoms with Crippen LogP contribution in [-0.4, -0.2) is 60.9 Å². The van der Waals surface area contributed by atoms with E-state index in [0.717, 1.165) is 48.6 Å². The van der Waals surface area contributed by atoms with E-state index in [1.54, 1.807) is 0 Å². The summed E-state index contributed by atoms with van der Waals surface area (Å²) in [6, 6.07) is 13.4. The number of benzene rings is 2. The summed E-state index contributed by atoms with van der Waals surface area (Å²) in [4.78, 5) is 29.2. The Hall–Kier alpha value is -2.41. The standard InChI is InChI=1S/C24H31ClN4O2/c1-17-7-6-8-18(2)24(17)27-23(31)16-29-13-11-28(12-14-29)15-22(30)26-19(3)20-9-4-5-10-21(20)25/h4-10,19H,11-16H2,1-3H3,(H,26,30)(H,27,31). The van der Waals surface area contributed by atoms with Gasteiger partial charge in [0, 0.05) is 36.9 Å². The van der Waals surface area contributed by atoms with Gasteiger partial charge in [0.05, 0.1) is 19.1 Å². The number of piperazine rings is 1. The highest BCUT2D eigenvalue weighted by Gasteiger charge is 2.22. The topological polar surface area (TPSA) is 64.7 Å². The fourth-order valence-electron chi connectivity index (χ4n) is 3.89. The van der Waals surface area contributed by atoms with E-state index in [0.29, 0.717) is 18.1 Å². The van der Waals surface area contributed by atoms with Crippen LogP contribution in [0.25, 0.3) is 0 Å². The van der Waals surface area contributed by atoms with Gasteiger partial charge in [0.2, 0.25) is 11.8 Å². The van der Waals surface area contributed by atoms with E-state index in [2.05, 4.69) is 20.4 Å². The maximum absolute atomic E-state index is 12.5. The molecule has 0 spiro atoms. The van der Waals surface area contributed by atoms with Gasteiger partial charge >= 0.3 is 0 Å². The fourth-order valence-corrected chi connectivity index (χ4v) is 4.19. The second-order valence-electron chi connectivity index (χ2n) is 8.18. The summed E-state index contributed by atoms with van der Waals surface area (Å²) in [6.45, 7) is 9.66. The van der Waals surface area contributed by atoms with E-state index in [9.17, 15) is 9.59 Å². The molecule has 1 aliphatic heterocycles. The second-order valence-corrected chi connectivity index (χ2v) is 8.59. The second kappa shape index (κ2) is 10.8. The molecule has 2 N–H and O–H groups in total. The molecule has 1 saturated heterocycles. The Balaban J connectivity index is 1.41. The number of hydrogen-bond acceptors (Lipinski definition) is 4. The van der Waals surface area contributed by atoms with Gasteiger partial charge in [-0.3, -0.25) is 19.4 Å². The van der Waals surface area contributed by atoms with Gasteiger partial charge in [-0.25, -0.2) is 0 Å². The molecule has 3 rings (SSSR count). The van der Waals surface area contributed by atoms with Crippen LogP contribution in [0.5, 0.6) is 0 Å². The first-order valence-electron chi connectivity index (χ1n) is 10.7. The van der Waals surface area contributed by atoms with Crippen molar-refractivity contribution in [1.82, 2.24) is 15.1 Å². The lowest BCUT2D eigenvalue weighted by Crippen LogP contribution is -2.51. The largest absolute Gasteiger partial charge is 0.348 e. The maximum atomic E-state index is 12.5. The van der Waals surface area contributed by atoms with Crippen molar-refractivity contribution in [3.05, 3.63) is 64.2 Å². The van der Waals surface area contributed by atoms with Crippen LogP contribution in [0.3, 0.4) is 0 Å². The average Bonchev–Trinajstić information content (AvgIpc) is 2.72. The Labute approximate surface area is 189 Å². The van der Waals surface area contributed by atoms with Gasteiger partial charge in [-0.1, -0.05) is 48.0 Å². The molecule has 31 heavy (non-hydrogen) atoms. The molecule has 2 amide bonds. The fraction of sp³-hybridized carbons (Fsp3) is 0.417. The van der Waals surface area contributed by atoms with Crippen molar-refractivity contribution in [2.75, 3.05) is 44.6 Å². The van der Waals surface area contributed by atoms with E-state index in [1.807, 2.05) is 63.2 Å². The molecule has 1 fully saturated rings. The number of anilines is 1. The zero-order chi connectivity index (χ0) is 22.4. The number of nitrogens with zero attached hydrogens (tertiary/aromatic N) is 2. The van der Waals surface area contributed by atoms with E-state index in [4.69, 9.17) is 11.6 Å². The van der Waals surface area contributed by atoms with Gasteiger partial charge < -0.3 is 10.6 Å². The van der Waals surface area contributed by atoms with Crippen molar-refractivity contribution in [3.8, 4) is 0 Å². The Kier molecular flexibility index (Phi) is 8.07. The highest BCUT2D eigenvalue weighted by Crippen LogP contribution is 2.22. The van der Waals surface area contributed by atoms with Crippen molar-refractivity contribution in [1.29, 1.82) is 0 Å². The summed E-state index contributed by atoms with van der Waals surface area (Å²) in [7, 11) is 0. The number of hydrogen-bond donors (Lipinski definition) is 2. The van der Waals surface area contributed by atoms with Crippen molar-refractivity contribution in [2.45, 2.75) is 26.8 Å². The first-order chi connectivity index (χ1) is 14.8. The Bertz CT molecular complexity index is 905. The van der Waals surface area contributed by atoms with Gasteiger partial charge in [-0.05, 0) is 43.5 Å². The Morgan fingerprint density at radius 3 is 2.03 bits per heavy atom. The molecule has 0 saturated carbocycles. The summed E-state index contributed by atoms with van der Waals surface area (Å²) in [5.74, 6) is -0.0224. The number of rotatable bonds is 7. The molecule has 1 atom stereocenters. The van der Waals surface area contributed by atoms with Gasteiger partial charge in [-0.2, -0.15) is 0 Å². The third-order valence-electron chi connectivity index (χ3n) is 5.69. The van der Waals surface area contributed by atoms with Gasteiger partial charge in [-0.15, -0.1) is 0 Å². The molecular weight excluding hydrogens is 412 g/mol. The van der Waals surface area contributed by atoms with Crippen molar-refractivity contribution >= 4 is 29.1 Å². The first kappa shape index (κ1) is 23.3. The van der Waals surface area contributed by atoms with Crippen molar-refractivity contribution in [2.24, 2.45) is 0 Å². The molecule has 1 heterocycles. The molecule has 0 radical (unpaired) electrons. The molecule has 1 unspecified atom stereocenters. The summed E-state index contributed by atoms with van der Waals surface area (Å²) >= 11 is 6.22. The maximum Gasteiger partial charge on any atom is 0.238 e. The van der Waals surface area contributed by atoms with Crippen LogP contribution in [0.1, 0.15) is 29.7 Å². The molecule has 166 valence electrons. The third kappa shape index (κ3) is 6.53. The van der Waals surface area contributed by atoms with Gasteiger partial charge in [0.1, 0.15) is 0 Å². The molecule has 1 aliphatic rings. The molecule has 2 aromatic rings.